The second kappa shape index (κ2) is 8.83. The number of fused-ring (bicyclic) bond motifs is 1. The lowest BCUT2D eigenvalue weighted by Crippen LogP contribution is -2.24. The van der Waals surface area contributed by atoms with Crippen LogP contribution in [0, 0.1) is 0 Å². The molecule has 0 bridgehead atoms. The van der Waals surface area contributed by atoms with Gasteiger partial charge in [-0.1, -0.05) is 73.7 Å². The largest absolute Gasteiger partial charge is 0.418 e. The van der Waals surface area contributed by atoms with Crippen LogP contribution in [0.3, 0.4) is 0 Å². The van der Waals surface area contributed by atoms with Crippen molar-refractivity contribution in [3.63, 3.8) is 0 Å². The van der Waals surface area contributed by atoms with Crippen LogP contribution in [0.4, 0.5) is 13.2 Å². The van der Waals surface area contributed by atoms with Gasteiger partial charge in [-0.25, -0.2) is 0 Å². The Hall–Kier alpha value is -3.67. The fraction of sp³-hybridized carbons (Fsp3) is 0.154. The van der Waals surface area contributed by atoms with E-state index in [9.17, 15) is 18.0 Å². The van der Waals surface area contributed by atoms with Gasteiger partial charge in [0, 0.05) is 23.7 Å². The molecule has 0 saturated carbocycles. The second-order valence-corrected chi connectivity index (χ2v) is 7.47. The summed E-state index contributed by atoms with van der Waals surface area (Å²) in [7, 11) is 0. The molecule has 1 aromatic heterocycles. The van der Waals surface area contributed by atoms with Crippen LogP contribution in [0.15, 0.2) is 79.0 Å². The molecule has 0 aliphatic rings. The third-order valence-corrected chi connectivity index (χ3v) is 5.39. The van der Waals surface area contributed by atoms with Crippen molar-refractivity contribution in [2.75, 3.05) is 0 Å². The van der Waals surface area contributed by atoms with E-state index in [0.717, 1.165) is 18.1 Å². The van der Waals surface area contributed by atoms with Crippen molar-refractivity contribution in [3.05, 3.63) is 101 Å². The number of aromatic nitrogens is 1. The number of hydrogen-bond acceptors (Lipinski definition) is 2. The minimum Gasteiger partial charge on any atom is -0.348 e. The molecule has 162 valence electrons. The van der Waals surface area contributed by atoms with E-state index in [-0.39, 0.29) is 16.5 Å². The van der Waals surface area contributed by atoms with Crippen molar-refractivity contribution in [2.45, 2.75) is 26.1 Å². The van der Waals surface area contributed by atoms with Gasteiger partial charge in [0.05, 0.1) is 16.6 Å². The van der Waals surface area contributed by atoms with Gasteiger partial charge >= 0.3 is 6.18 Å². The van der Waals surface area contributed by atoms with Crippen LogP contribution in [0.2, 0.25) is 0 Å². The molecule has 32 heavy (non-hydrogen) atoms. The van der Waals surface area contributed by atoms with E-state index in [2.05, 4.69) is 17.2 Å². The zero-order valence-electron chi connectivity index (χ0n) is 17.4. The Kier molecular flexibility index (Phi) is 5.95. The number of nitrogens with zero attached hydrogens (tertiary/aromatic N) is 1. The molecular formula is C26H21F3N2O. The molecule has 1 amide bonds. The molecule has 0 fully saturated rings. The first-order valence-corrected chi connectivity index (χ1v) is 10.3. The first-order valence-electron chi connectivity index (χ1n) is 10.3. The third-order valence-electron chi connectivity index (χ3n) is 5.39. The minimum absolute atomic E-state index is 0.175. The molecule has 0 saturated heterocycles. The number of pyridine rings is 1. The van der Waals surface area contributed by atoms with E-state index in [1.54, 1.807) is 30.3 Å². The standard InChI is InChI=1S/C26H21F3N2O/c1-2-17-11-13-18(14-12-17)15-31-25(32)21-16-30-24-20(9-6-10-22(24)26(27,28)29)23(21)19-7-4-3-5-8-19/h3-14,16H,2,15H2,1H3,(H,31,32). The molecule has 6 heteroatoms. The summed E-state index contributed by atoms with van der Waals surface area (Å²) >= 11 is 0. The molecule has 4 aromatic rings. The van der Waals surface area contributed by atoms with E-state index in [1.807, 2.05) is 30.3 Å². The molecule has 0 atom stereocenters. The number of hydrogen-bond donors (Lipinski definition) is 1. The molecular weight excluding hydrogens is 413 g/mol. The Morgan fingerprint density at radius 1 is 0.906 bits per heavy atom. The SMILES string of the molecule is CCc1ccc(CNC(=O)c2cnc3c(C(F)(F)F)cccc3c2-c2ccccc2)cc1. The highest BCUT2D eigenvalue weighted by Crippen LogP contribution is 2.38. The van der Waals surface area contributed by atoms with Crippen LogP contribution < -0.4 is 5.32 Å². The quantitative estimate of drug-likeness (QED) is 0.394. The maximum atomic E-state index is 13.6. The number of para-hydroxylation sites is 1. The van der Waals surface area contributed by atoms with Crippen molar-refractivity contribution >= 4 is 16.8 Å². The maximum absolute atomic E-state index is 13.6. The summed E-state index contributed by atoms with van der Waals surface area (Å²) in [4.78, 5) is 17.1. The summed E-state index contributed by atoms with van der Waals surface area (Å²) in [5, 5.41) is 3.15. The fourth-order valence-corrected chi connectivity index (χ4v) is 3.71. The van der Waals surface area contributed by atoms with Crippen LogP contribution in [0.1, 0.15) is 34.0 Å². The van der Waals surface area contributed by atoms with Crippen molar-refractivity contribution in [3.8, 4) is 11.1 Å². The first-order chi connectivity index (χ1) is 15.4. The number of carbonyl (C=O) groups excluding carboxylic acids is 1. The van der Waals surface area contributed by atoms with E-state index in [1.165, 1.54) is 17.8 Å². The number of nitrogens with one attached hydrogen (secondary N) is 1. The zero-order chi connectivity index (χ0) is 22.7. The zero-order valence-corrected chi connectivity index (χ0v) is 17.4. The summed E-state index contributed by atoms with van der Waals surface area (Å²) in [5.41, 5.74) is 2.45. The molecule has 3 nitrogen and oxygen atoms in total. The Labute approximate surface area is 183 Å². The number of alkyl halides is 3. The molecule has 0 spiro atoms. The third kappa shape index (κ3) is 4.35. The van der Waals surface area contributed by atoms with Crippen LogP contribution in [0.5, 0.6) is 0 Å². The normalized spacial score (nSPS) is 11.5. The Morgan fingerprint density at radius 3 is 2.25 bits per heavy atom. The summed E-state index contributed by atoms with van der Waals surface area (Å²) in [5.74, 6) is -0.393. The van der Waals surface area contributed by atoms with Gasteiger partial charge in [0.1, 0.15) is 0 Å². The number of rotatable bonds is 5. The number of carbonyl (C=O) groups is 1. The molecule has 0 aliphatic carbocycles. The molecule has 1 N–H and O–H groups in total. The second-order valence-electron chi connectivity index (χ2n) is 7.47. The van der Waals surface area contributed by atoms with Gasteiger partial charge in [-0.05, 0) is 29.2 Å². The van der Waals surface area contributed by atoms with Gasteiger partial charge in [-0.3, -0.25) is 9.78 Å². The smallest absolute Gasteiger partial charge is 0.348 e. The maximum Gasteiger partial charge on any atom is 0.418 e. The van der Waals surface area contributed by atoms with Crippen molar-refractivity contribution in [1.29, 1.82) is 0 Å². The Bertz CT molecular complexity index is 1250. The van der Waals surface area contributed by atoms with Crippen molar-refractivity contribution in [1.82, 2.24) is 10.3 Å². The predicted molar refractivity (Wildman–Crippen MR) is 119 cm³/mol. The first kappa shape index (κ1) is 21.6. The summed E-state index contributed by atoms with van der Waals surface area (Å²) in [6.45, 7) is 2.37. The lowest BCUT2D eigenvalue weighted by Gasteiger charge is -2.16. The van der Waals surface area contributed by atoms with Gasteiger partial charge in [0.25, 0.3) is 5.91 Å². The fourth-order valence-electron chi connectivity index (χ4n) is 3.71. The summed E-state index contributed by atoms with van der Waals surface area (Å²) in [6.07, 6.45) is -2.39. The van der Waals surface area contributed by atoms with E-state index in [4.69, 9.17) is 0 Å². The van der Waals surface area contributed by atoms with Gasteiger partial charge in [0.15, 0.2) is 0 Å². The summed E-state index contributed by atoms with van der Waals surface area (Å²) in [6, 6.07) is 20.8. The van der Waals surface area contributed by atoms with E-state index >= 15 is 0 Å². The molecule has 0 radical (unpaired) electrons. The Morgan fingerprint density at radius 2 is 1.59 bits per heavy atom. The topological polar surface area (TPSA) is 42.0 Å². The molecule has 0 aliphatic heterocycles. The number of benzene rings is 3. The Balaban J connectivity index is 1.77. The molecule has 0 unspecified atom stereocenters. The lowest BCUT2D eigenvalue weighted by molar-refractivity contribution is -0.136. The highest BCUT2D eigenvalue weighted by molar-refractivity contribution is 6.09. The molecule has 3 aromatic carbocycles. The average molecular weight is 434 g/mol. The van der Waals surface area contributed by atoms with Gasteiger partial charge < -0.3 is 5.32 Å². The molecule has 4 rings (SSSR count). The van der Waals surface area contributed by atoms with Gasteiger partial charge in [0.2, 0.25) is 0 Å². The van der Waals surface area contributed by atoms with Gasteiger partial charge in [-0.15, -0.1) is 0 Å². The number of halogens is 3. The van der Waals surface area contributed by atoms with E-state index in [0.29, 0.717) is 17.7 Å². The van der Waals surface area contributed by atoms with Crippen LogP contribution in [-0.4, -0.2) is 10.9 Å². The number of amides is 1. The molecule has 1 heterocycles. The van der Waals surface area contributed by atoms with Crippen LogP contribution in [-0.2, 0) is 19.1 Å². The van der Waals surface area contributed by atoms with Crippen LogP contribution in [0.25, 0.3) is 22.0 Å². The summed E-state index contributed by atoms with van der Waals surface area (Å²) < 4.78 is 40.7. The van der Waals surface area contributed by atoms with Gasteiger partial charge in [-0.2, -0.15) is 13.2 Å². The van der Waals surface area contributed by atoms with Crippen molar-refractivity contribution < 1.29 is 18.0 Å². The van der Waals surface area contributed by atoms with E-state index < -0.39 is 17.6 Å². The highest BCUT2D eigenvalue weighted by Gasteiger charge is 2.34. The highest BCUT2D eigenvalue weighted by atomic mass is 19.4. The van der Waals surface area contributed by atoms with Crippen molar-refractivity contribution in [2.24, 2.45) is 0 Å². The lowest BCUT2D eigenvalue weighted by atomic mass is 9.94. The predicted octanol–water partition coefficient (Wildman–Crippen LogP) is 6.41. The average Bonchev–Trinajstić information content (AvgIpc) is 2.81. The van der Waals surface area contributed by atoms with Crippen LogP contribution >= 0.6 is 0 Å². The number of aryl methyl sites for hydroxylation is 1. The monoisotopic (exact) mass is 434 g/mol. The minimum atomic E-state index is -4.55.